The normalized spacial score (nSPS) is 21.5. The maximum atomic E-state index is 13.4. The third-order valence-corrected chi connectivity index (χ3v) is 7.92. The summed E-state index contributed by atoms with van der Waals surface area (Å²) in [5.41, 5.74) is 3.59. The van der Waals surface area contributed by atoms with E-state index >= 15 is 0 Å². The van der Waals surface area contributed by atoms with Crippen LogP contribution in [0, 0.1) is 0 Å². The number of halogens is 1. The molecule has 0 unspecified atom stereocenters. The van der Waals surface area contributed by atoms with Gasteiger partial charge in [0.2, 0.25) is 5.65 Å². The number of benzene rings is 1. The molecule has 6 rings (SSSR count). The van der Waals surface area contributed by atoms with E-state index in [-0.39, 0.29) is 23.2 Å². The summed E-state index contributed by atoms with van der Waals surface area (Å²) < 4.78 is 8.22. The predicted octanol–water partition coefficient (Wildman–Crippen LogP) is 2.42. The maximum Gasteiger partial charge on any atom is 0.274 e. The van der Waals surface area contributed by atoms with E-state index in [2.05, 4.69) is 55.5 Å². The van der Waals surface area contributed by atoms with Crippen LogP contribution >= 0.6 is 15.9 Å². The molecule has 0 saturated carbocycles. The molecule has 9 nitrogen and oxygen atoms in total. The van der Waals surface area contributed by atoms with E-state index in [1.54, 1.807) is 28.7 Å². The summed E-state index contributed by atoms with van der Waals surface area (Å²) in [5.74, 6) is 0.0715. The lowest BCUT2D eigenvalue weighted by atomic mass is 9.78. The first-order valence-electron chi connectivity index (χ1n) is 12.0. The first kappa shape index (κ1) is 22.5. The van der Waals surface area contributed by atoms with Crippen LogP contribution in [0.1, 0.15) is 40.9 Å². The number of piperidine rings is 1. The van der Waals surface area contributed by atoms with E-state index in [1.165, 1.54) is 11.1 Å². The fourth-order valence-corrected chi connectivity index (χ4v) is 5.80. The van der Waals surface area contributed by atoms with Gasteiger partial charge in [0, 0.05) is 57.6 Å². The van der Waals surface area contributed by atoms with Gasteiger partial charge in [-0.1, -0.05) is 24.3 Å². The number of nitrogens with zero attached hydrogens (tertiary/aromatic N) is 5. The molecule has 0 aliphatic carbocycles. The van der Waals surface area contributed by atoms with Crippen LogP contribution in [0.4, 0.5) is 0 Å². The average Bonchev–Trinajstić information content (AvgIpc) is 3.43. The second kappa shape index (κ2) is 8.60. The highest BCUT2D eigenvalue weighted by Gasteiger charge is 2.39. The molecular weight excluding hydrogens is 512 g/mol. The summed E-state index contributed by atoms with van der Waals surface area (Å²) in [6.07, 6.45) is 6.25. The molecule has 0 radical (unpaired) electrons. The van der Waals surface area contributed by atoms with Crippen LogP contribution in [0.2, 0.25) is 0 Å². The molecule has 3 aliphatic rings. The van der Waals surface area contributed by atoms with E-state index in [9.17, 15) is 9.59 Å². The lowest BCUT2D eigenvalue weighted by Crippen LogP contribution is -2.57. The van der Waals surface area contributed by atoms with Crippen LogP contribution in [-0.2, 0) is 17.8 Å². The number of imidazole rings is 1. The van der Waals surface area contributed by atoms with Gasteiger partial charge in [-0.05, 0) is 46.3 Å². The van der Waals surface area contributed by atoms with Gasteiger partial charge in [0.05, 0.1) is 0 Å². The summed E-state index contributed by atoms with van der Waals surface area (Å²) in [5, 5.41) is 3.75. The number of nitrogens with one attached hydrogen (secondary N) is 1. The Morgan fingerprint density at radius 1 is 1.14 bits per heavy atom. The minimum absolute atomic E-state index is 0.0425. The highest BCUT2D eigenvalue weighted by atomic mass is 79.9. The van der Waals surface area contributed by atoms with Gasteiger partial charge in [-0.25, -0.2) is 9.97 Å². The van der Waals surface area contributed by atoms with E-state index in [1.807, 2.05) is 4.90 Å². The molecule has 35 heavy (non-hydrogen) atoms. The van der Waals surface area contributed by atoms with Gasteiger partial charge in [-0.2, -0.15) is 0 Å². The zero-order valence-corrected chi connectivity index (χ0v) is 21.1. The number of hydrogen-bond acceptors (Lipinski definition) is 6. The Morgan fingerprint density at radius 2 is 1.91 bits per heavy atom. The number of likely N-dealkylation sites (N-methyl/N-ethyl adjacent to an activating group) is 1. The van der Waals surface area contributed by atoms with Crippen LogP contribution in [0.15, 0.2) is 41.3 Å². The quantitative estimate of drug-likeness (QED) is 0.550. The van der Waals surface area contributed by atoms with E-state index in [0.717, 1.165) is 25.8 Å². The molecule has 1 spiro atoms. The Bertz CT molecular complexity index is 1320. The van der Waals surface area contributed by atoms with Crippen molar-refractivity contribution in [2.45, 2.75) is 43.9 Å². The Labute approximate surface area is 211 Å². The SMILES string of the molecule is CN1CC[C@@H](Oc2nc(Br)cn3cc(C(=O)N4CCC5(CC4)Cc4ccccc4CN5)nc23)C1=O. The van der Waals surface area contributed by atoms with Gasteiger partial charge in [-0.15, -0.1) is 0 Å². The number of ether oxygens (including phenoxy) is 1. The number of carbonyl (C=O) groups is 2. The monoisotopic (exact) mass is 538 g/mol. The summed E-state index contributed by atoms with van der Waals surface area (Å²) >= 11 is 3.40. The van der Waals surface area contributed by atoms with Gasteiger partial charge in [-0.3, -0.25) is 14.0 Å². The minimum Gasteiger partial charge on any atom is -0.461 e. The lowest BCUT2D eigenvalue weighted by Gasteiger charge is -2.45. The first-order valence-corrected chi connectivity index (χ1v) is 12.8. The van der Waals surface area contributed by atoms with Crippen molar-refractivity contribution >= 4 is 33.4 Å². The molecule has 2 amide bonds. The Balaban J connectivity index is 1.19. The van der Waals surface area contributed by atoms with E-state index in [4.69, 9.17) is 4.74 Å². The van der Waals surface area contributed by atoms with Crippen LogP contribution < -0.4 is 10.1 Å². The van der Waals surface area contributed by atoms with Crippen molar-refractivity contribution in [1.29, 1.82) is 0 Å². The fourth-order valence-electron chi connectivity index (χ4n) is 5.42. The van der Waals surface area contributed by atoms with E-state index < -0.39 is 6.10 Å². The Kier molecular flexibility index (Phi) is 5.52. The third kappa shape index (κ3) is 4.08. The second-order valence-electron chi connectivity index (χ2n) is 9.75. The summed E-state index contributed by atoms with van der Waals surface area (Å²) in [6.45, 7) is 2.87. The number of fused-ring (bicyclic) bond motifs is 2. The smallest absolute Gasteiger partial charge is 0.274 e. The third-order valence-electron chi connectivity index (χ3n) is 7.54. The van der Waals surface area contributed by atoms with Gasteiger partial charge in [0.25, 0.3) is 17.7 Å². The first-order chi connectivity index (χ1) is 16.9. The van der Waals surface area contributed by atoms with Crippen LogP contribution in [-0.4, -0.2) is 74.3 Å². The standard InChI is InChI=1S/C25H27BrN6O3/c1-30-9-6-19(24(30)34)35-22-21-28-18(14-32(21)15-20(26)29-22)23(33)31-10-7-25(8-11-31)12-16-4-2-3-5-17(16)13-27-25/h2-5,14-15,19,27H,6-13H2,1H3/t19-/m1/s1. The van der Waals surface area contributed by atoms with Crippen LogP contribution in [0.3, 0.4) is 0 Å². The second-order valence-corrected chi connectivity index (χ2v) is 10.6. The lowest BCUT2D eigenvalue weighted by molar-refractivity contribution is -0.132. The number of rotatable bonds is 3. The van der Waals surface area contributed by atoms with Crippen molar-refractivity contribution in [3.8, 4) is 5.88 Å². The van der Waals surface area contributed by atoms with Crippen LogP contribution in [0.5, 0.6) is 5.88 Å². The molecule has 3 aliphatic heterocycles. The molecule has 1 aromatic carbocycles. The molecule has 0 bridgehead atoms. The molecule has 2 saturated heterocycles. The van der Waals surface area contributed by atoms with Gasteiger partial charge in [0.1, 0.15) is 10.3 Å². The van der Waals surface area contributed by atoms with E-state index in [0.29, 0.717) is 42.0 Å². The highest BCUT2D eigenvalue weighted by Crippen LogP contribution is 2.32. The van der Waals surface area contributed by atoms with Crippen molar-refractivity contribution in [2.24, 2.45) is 0 Å². The number of hydrogen-bond donors (Lipinski definition) is 1. The van der Waals surface area contributed by atoms with Crippen molar-refractivity contribution in [3.05, 3.63) is 58.1 Å². The molecule has 1 atom stereocenters. The molecule has 182 valence electrons. The zero-order chi connectivity index (χ0) is 24.2. The van der Waals surface area contributed by atoms with Crippen molar-refractivity contribution in [2.75, 3.05) is 26.7 Å². The number of amides is 2. The molecule has 1 N–H and O–H groups in total. The fraction of sp³-hybridized carbons (Fsp3) is 0.440. The molecule has 10 heteroatoms. The molecular formula is C25H27BrN6O3. The highest BCUT2D eigenvalue weighted by molar-refractivity contribution is 9.10. The van der Waals surface area contributed by atoms with Gasteiger partial charge in [0.15, 0.2) is 6.10 Å². The Hall–Kier alpha value is -2.98. The average molecular weight is 539 g/mol. The summed E-state index contributed by atoms with van der Waals surface area (Å²) in [4.78, 5) is 38.2. The van der Waals surface area contributed by atoms with Gasteiger partial charge >= 0.3 is 0 Å². The van der Waals surface area contributed by atoms with Gasteiger partial charge < -0.3 is 19.9 Å². The Morgan fingerprint density at radius 3 is 2.66 bits per heavy atom. The maximum absolute atomic E-state index is 13.4. The molecule has 2 aromatic heterocycles. The topological polar surface area (TPSA) is 92.1 Å². The number of carbonyl (C=O) groups excluding carboxylic acids is 2. The minimum atomic E-state index is -0.590. The van der Waals surface area contributed by atoms with Crippen LogP contribution in [0.25, 0.3) is 5.65 Å². The summed E-state index contributed by atoms with van der Waals surface area (Å²) in [7, 11) is 1.76. The van der Waals surface area contributed by atoms with Crippen molar-refractivity contribution in [1.82, 2.24) is 29.5 Å². The van der Waals surface area contributed by atoms with Crippen molar-refractivity contribution < 1.29 is 14.3 Å². The molecule has 5 heterocycles. The number of likely N-dealkylation sites (tertiary alicyclic amines) is 2. The number of aromatic nitrogens is 3. The largest absolute Gasteiger partial charge is 0.461 e. The predicted molar refractivity (Wildman–Crippen MR) is 132 cm³/mol. The molecule has 3 aromatic rings. The zero-order valence-electron chi connectivity index (χ0n) is 19.5. The molecule has 2 fully saturated rings. The van der Waals surface area contributed by atoms with Crippen molar-refractivity contribution in [3.63, 3.8) is 0 Å². The summed E-state index contributed by atoms with van der Waals surface area (Å²) in [6, 6.07) is 8.59.